The van der Waals surface area contributed by atoms with Crippen molar-refractivity contribution in [3.8, 4) is 0 Å². The number of hydrogen-bond acceptors (Lipinski definition) is 6. The molecular weight excluding hydrogens is 260 g/mol. The second-order valence-corrected chi connectivity index (χ2v) is 4.70. The first-order valence-electron chi connectivity index (χ1n) is 6.76. The lowest BCUT2D eigenvalue weighted by Gasteiger charge is -2.15. The molecule has 0 spiro atoms. The van der Waals surface area contributed by atoms with Crippen LogP contribution in [0, 0.1) is 0 Å². The van der Waals surface area contributed by atoms with Gasteiger partial charge in [0, 0.05) is 12.6 Å². The highest BCUT2D eigenvalue weighted by Gasteiger charge is 2.17. The van der Waals surface area contributed by atoms with E-state index in [4.69, 9.17) is 5.11 Å². The van der Waals surface area contributed by atoms with Crippen molar-refractivity contribution in [3.63, 3.8) is 0 Å². The third-order valence-corrected chi connectivity index (χ3v) is 2.71. The van der Waals surface area contributed by atoms with Crippen LogP contribution in [0.4, 0.5) is 11.6 Å². The van der Waals surface area contributed by atoms with Crippen LogP contribution in [0.1, 0.15) is 33.1 Å². The van der Waals surface area contributed by atoms with Crippen LogP contribution >= 0.6 is 0 Å². The Morgan fingerprint density at radius 1 is 1.40 bits per heavy atom. The van der Waals surface area contributed by atoms with Crippen molar-refractivity contribution in [2.75, 3.05) is 17.2 Å². The molecule has 1 aromatic rings. The average molecular weight is 282 g/mol. The van der Waals surface area contributed by atoms with Crippen molar-refractivity contribution in [2.24, 2.45) is 0 Å². The predicted molar refractivity (Wildman–Crippen MR) is 76.8 cm³/mol. The topological polar surface area (TPSA) is 107 Å². The first-order chi connectivity index (χ1) is 9.52. The summed E-state index contributed by atoms with van der Waals surface area (Å²) in [6.07, 6.45) is 3.19. The normalized spacial score (nSPS) is 13.6. The number of nitrogens with zero attached hydrogens (tertiary/aromatic N) is 2. The van der Waals surface area contributed by atoms with Gasteiger partial charge in [0.1, 0.15) is 24.0 Å². The van der Waals surface area contributed by atoms with E-state index in [-0.39, 0.29) is 0 Å². The van der Waals surface area contributed by atoms with Crippen LogP contribution < -0.4 is 10.6 Å². The van der Waals surface area contributed by atoms with Gasteiger partial charge in [-0.3, -0.25) is 0 Å². The molecule has 0 saturated heterocycles. The van der Waals surface area contributed by atoms with E-state index in [0.717, 1.165) is 12.8 Å². The standard InChI is InChI=1S/C13H22N4O3/c1-3-4-5-10(13(19)20)17-12-6-11(15-8-16-12)14-7-9(2)18/h6,8-10,18H,3-5,7H2,1-2H3,(H,19,20)(H2,14,15,16,17)/t9?,10-/m0/s1. The van der Waals surface area contributed by atoms with Crippen LogP contribution in [0.5, 0.6) is 0 Å². The summed E-state index contributed by atoms with van der Waals surface area (Å²) in [5, 5.41) is 24.2. The van der Waals surface area contributed by atoms with E-state index in [1.165, 1.54) is 6.33 Å². The molecule has 112 valence electrons. The molecule has 0 aromatic carbocycles. The summed E-state index contributed by atoms with van der Waals surface area (Å²) in [6, 6.07) is 0.971. The molecule has 7 nitrogen and oxygen atoms in total. The third-order valence-electron chi connectivity index (χ3n) is 2.71. The molecule has 1 unspecified atom stereocenters. The molecule has 0 radical (unpaired) electrons. The Balaban J connectivity index is 2.65. The maximum Gasteiger partial charge on any atom is 0.326 e. The summed E-state index contributed by atoms with van der Waals surface area (Å²) in [5.74, 6) is 0.107. The van der Waals surface area contributed by atoms with E-state index < -0.39 is 18.1 Å². The first kappa shape index (κ1) is 16.2. The summed E-state index contributed by atoms with van der Waals surface area (Å²) in [4.78, 5) is 19.2. The number of rotatable bonds is 9. The third kappa shape index (κ3) is 5.83. The molecule has 2 atom stereocenters. The van der Waals surface area contributed by atoms with Crippen molar-refractivity contribution < 1.29 is 15.0 Å². The number of nitrogens with one attached hydrogen (secondary N) is 2. The smallest absolute Gasteiger partial charge is 0.326 e. The number of hydrogen-bond donors (Lipinski definition) is 4. The second kappa shape index (κ2) is 8.31. The van der Waals surface area contributed by atoms with Gasteiger partial charge in [0.25, 0.3) is 0 Å². The minimum atomic E-state index is -0.893. The van der Waals surface area contributed by atoms with Crippen molar-refractivity contribution in [1.82, 2.24) is 9.97 Å². The van der Waals surface area contributed by atoms with Crippen LogP contribution in [-0.2, 0) is 4.79 Å². The van der Waals surface area contributed by atoms with Crippen LogP contribution in [0.15, 0.2) is 12.4 Å². The lowest BCUT2D eigenvalue weighted by atomic mass is 10.1. The number of carbonyl (C=O) groups is 1. The molecule has 0 bridgehead atoms. The van der Waals surface area contributed by atoms with Gasteiger partial charge < -0.3 is 20.8 Å². The molecule has 0 saturated carbocycles. The molecule has 0 aliphatic carbocycles. The number of aliphatic hydroxyl groups excluding tert-OH is 1. The average Bonchev–Trinajstić information content (AvgIpc) is 2.41. The summed E-state index contributed by atoms with van der Waals surface area (Å²) >= 11 is 0. The molecule has 0 aliphatic rings. The number of unbranched alkanes of at least 4 members (excludes halogenated alkanes) is 1. The van der Waals surface area contributed by atoms with Gasteiger partial charge in [0.05, 0.1) is 6.10 Å². The molecule has 1 aromatic heterocycles. The van der Waals surface area contributed by atoms with E-state index >= 15 is 0 Å². The molecule has 7 heteroatoms. The van der Waals surface area contributed by atoms with Gasteiger partial charge in [-0.1, -0.05) is 19.8 Å². The molecular formula is C13H22N4O3. The molecule has 1 rings (SSSR count). The van der Waals surface area contributed by atoms with Crippen molar-refractivity contribution in [1.29, 1.82) is 0 Å². The molecule has 4 N–H and O–H groups in total. The Kier molecular flexibility index (Phi) is 6.72. The second-order valence-electron chi connectivity index (χ2n) is 4.70. The van der Waals surface area contributed by atoms with Gasteiger partial charge in [0.15, 0.2) is 0 Å². The fourth-order valence-electron chi connectivity index (χ4n) is 1.63. The highest BCUT2D eigenvalue weighted by molar-refractivity contribution is 5.76. The Bertz CT molecular complexity index is 426. The number of aromatic nitrogens is 2. The van der Waals surface area contributed by atoms with Gasteiger partial charge in [-0.05, 0) is 13.3 Å². The SMILES string of the molecule is CCCC[C@H](Nc1cc(NCC(C)O)ncn1)C(=O)O. The number of carboxylic acids is 1. The summed E-state index contributed by atoms with van der Waals surface area (Å²) in [5.41, 5.74) is 0. The lowest BCUT2D eigenvalue weighted by molar-refractivity contribution is -0.138. The van der Waals surface area contributed by atoms with Crippen LogP contribution in [0.25, 0.3) is 0 Å². The van der Waals surface area contributed by atoms with Crippen molar-refractivity contribution in [2.45, 2.75) is 45.3 Å². The molecule has 0 amide bonds. The lowest BCUT2D eigenvalue weighted by Crippen LogP contribution is -2.29. The van der Waals surface area contributed by atoms with Crippen LogP contribution in [0.3, 0.4) is 0 Å². The summed E-state index contributed by atoms with van der Waals surface area (Å²) in [7, 11) is 0. The van der Waals surface area contributed by atoms with Gasteiger partial charge in [-0.15, -0.1) is 0 Å². The Labute approximate surface area is 118 Å². The maximum atomic E-state index is 11.2. The van der Waals surface area contributed by atoms with E-state index in [1.807, 2.05) is 6.92 Å². The molecule has 0 fully saturated rings. The largest absolute Gasteiger partial charge is 0.480 e. The minimum absolute atomic E-state index is 0.370. The quantitative estimate of drug-likeness (QED) is 0.541. The van der Waals surface area contributed by atoms with Gasteiger partial charge in [0.2, 0.25) is 0 Å². The Morgan fingerprint density at radius 3 is 2.70 bits per heavy atom. The number of carboxylic acid groups (broad SMARTS) is 1. The van der Waals surface area contributed by atoms with E-state index in [9.17, 15) is 9.90 Å². The van der Waals surface area contributed by atoms with Gasteiger partial charge in [-0.2, -0.15) is 0 Å². The Morgan fingerprint density at radius 2 is 2.10 bits per heavy atom. The molecule has 20 heavy (non-hydrogen) atoms. The van der Waals surface area contributed by atoms with Crippen LogP contribution in [-0.4, -0.2) is 44.8 Å². The summed E-state index contributed by atoms with van der Waals surface area (Å²) < 4.78 is 0. The van der Waals surface area contributed by atoms with E-state index in [0.29, 0.717) is 24.6 Å². The predicted octanol–water partition coefficient (Wildman–Crippen LogP) is 1.32. The van der Waals surface area contributed by atoms with Crippen molar-refractivity contribution in [3.05, 3.63) is 12.4 Å². The fraction of sp³-hybridized carbons (Fsp3) is 0.615. The zero-order valence-corrected chi connectivity index (χ0v) is 11.8. The highest BCUT2D eigenvalue weighted by atomic mass is 16.4. The van der Waals surface area contributed by atoms with Gasteiger partial charge in [-0.25, -0.2) is 14.8 Å². The number of aliphatic carboxylic acids is 1. The Hall–Kier alpha value is -1.89. The van der Waals surface area contributed by atoms with E-state index in [2.05, 4.69) is 20.6 Å². The van der Waals surface area contributed by atoms with Gasteiger partial charge >= 0.3 is 5.97 Å². The maximum absolute atomic E-state index is 11.2. The van der Waals surface area contributed by atoms with E-state index in [1.54, 1.807) is 13.0 Å². The summed E-state index contributed by atoms with van der Waals surface area (Å²) in [6.45, 7) is 4.05. The minimum Gasteiger partial charge on any atom is -0.480 e. The number of aliphatic hydroxyl groups is 1. The fourth-order valence-corrected chi connectivity index (χ4v) is 1.63. The first-order valence-corrected chi connectivity index (χ1v) is 6.76. The number of anilines is 2. The monoisotopic (exact) mass is 282 g/mol. The molecule has 0 aliphatic heterocycles. The van der Waals surface area contributed by atoms with Crippen molar-refractivity contribution >= 4 is 17.6 Å². The van der Waals surface area contributed by atoms with Crippen LogP contribution in [0.2, 0.25) is 0 Å². The zero-order chi connectivity index (χ0) is 15.0. The molecule has 1 heterocycles. The highest BCUT2D eigenvalue weighted by Crippen LogP contribution is 2.12. The zero-order valence-electron chi connectivity index (χ0n) is 11.8.